The van der Waals surface area contributed by atoms with E-state index in [1.807, 2.05) is 0 Å². The molecule has 116 valence electrons. The average Bonchev–Trinajstić information content (AvgIpc) is 2.45. The normalized spacial score (nSPS) is 10.0. The lowest BCUT2D eigenvalue weighted by atomic mass is 10.2. The maximum Gasteiger partial charge on any atom is 0.305 e. The maximum atomic E-state index is 11.4. The van der Waals surface area contributed by atoms with Gasteiger partial charge in [-0.15, -0.1) is 0 Å². The van der Waals surface area contributed by atoms with Crippen LogP contribution in [0, 0.1) is 0 Å². The summed E-state index contributed by atoms with van der Waals surface area (Å²) in [5, 5.41) is 2.67. The van der Waals surface area contributed by atoms with Gasteiger partial charge in [-0.05, 0) is 30.7 Å². The van der Waals surface area contributed by atoms with Gasteiger partial charge in [0.05, 0.1) is 0 Å². The van der Waals surface area contributed by atoms with Crippen LogP contribution in [0.15, 0.2) is 24.3 Å². The number of ether oxygens (including phenoxy) is 2. The van der Waals surface area contributed by atoms with Gasteiger partial charge in [-0.3, -0.25) is 9.59 Å². The molecule has 1 N–H and O–H groups in total. The summed E-state index contributed by atoms with van der Waals surface area (Å²) in [6.45, 7) is 4.12. The highest BCUT2D eigenvalue weighted by Crippen LogP contribution is 2.15. The number of hydrogen-bond donors (Lipinski definition) is 1. The molecule has 0 saturated heterocycles. The van der Waals surface area contributed by atoms with Crippen molar-refractivity contribution >= 4 is 17.6 Å². The lowest BCUT2D eigenvalue weighted by molar-refractivity contribution is -0.144. The van der Waals surface area contributed by atoms with Crippen LogP contribution in [0.25, 0.3) is 0 Å². The van der Waals surface area contributed by atoms with Crippen LogP contribution in [-0.4, -0.2) is 25.1 Å². The number of unbranched alkanes of at least 4 members (excludes halogenated alkanes) is 2. The Balaban J connectivity index is 2.17. The van der Waals surface area contributed by atoms with Crippen LogP contribution >= 0.6 is 0 Å². The van der Waals surface area contributed by atoms with Crippen molar-refractivity contribution < 1.29 is 19.1 Å². The highest BCUT2D eigenvalue weighted by atomic mass is 16.6. The van der Waals surface area contributed by atoms with Crippen LogP contribution in [0.1, 0.15) is 39.5 Å². The van der Waals surface area contributed by atoms with Crippen molar-refractivity contribution in [2.75, 3.05) is 18.5 Å². The SMILES string of the molecule is CCCCCC(=O)OCCOc1ccc(NC(C)=O)cc1. The van der Waals surface area contributed by atoms with Gasteiger partial charge in [0.15, 0.2) is 0 Å². The topological polar surface area (TPSA) is 64.6 Å². The molecule has 0 saturated carbocycles. The minimum Gasteiger partial charge on any atom is -0.490 e. The largest absolute Gasteiger partial charge is 0.490 e. The molecule has 0 bridgehead atoms. The lowest BCUT2D eigenvalue weighted by Crippen LogP contribution is -2.12. The molecule has 0 aliphatic heterocycles. The van der Waals surface area contributed by atoms with E-state index in [0.29, 0.717) is 18.8 Å². The number of nitrogens with one attached hydrogen (secondary N) is 1. The summed E-state index contributed by atoms with van der Waals surface area (Å²) in [6, 6.07) is 7.03. The van der Waals surface area contributed by atoms with Crippen LogP contribution < -0.4 is 10.1 Å². The number of hydrogen-bond acceptors (Lipinski definition) is 4. The summed E-state index contributed by atoms with van der Waals surface area (Å²) in [7, 11) is 0. The molecule has 0 unspecified atom stereocenters. The van der Waals surface area contributed by atoms with Gasteiger partial charge in [0.2, 0.25) is 5.91 Å². The first-order valence-corrected chi connectivity index (χ1v) is 7.28. The molecule has 1 aromatic carbocycles. The molecule has 0 spiro atoms. The van der Waals surface area contributed by atoms with Crippen molar-refractivity contribution in [3.63, 3.8) is 0 Å². The average molecular weight is 293 g/mol. The Morgan fingerprint density at radius 1 is 1.10 bits per heavy atom. The zero-order valence-electron chi connectivity index (χ0n) is 12.7. The zero-order valence-corrected chi connectivity index (χ0v) is 12.7. The quantitative estimate of drug-likeness (QED) is 0.561. The number of carbonyl (C=O) groups excluding carboxylic acids is 2. The number of carbonyl (C=O) groups is 2. The van der Waals surface area contributed by atoms with Gasteiger partial charge in [-0.25, -0.2) is 0 Å². The van der Waals surface area contributed by atoms with Gasteiger partial charge < -0.3 is 14.8 Å². The second-order valence-electron chi connectivity index (χ2n) is 4.73. The number of benzene rings is 1. The fraction of sp³-hybridized carbons (Fsp3) is 0.500. The third kappa shape index (κ3) is 7.97. The van der Waals surface area contributed by atoms with Crippen LogP contribution in [0.2, 0.25) is 0 Å². The standard InChI is InChI=1S/C16H23NO4/c1-3-4-5-6-16(19)21-12-11-20-15-9-7-14(8-10-15)17-13(2)18/h7-10H,3-6,11-12H2,1-2H3,(H,17,18). The predicted octanol–water partition coefficient (Wildman–Crippen LogP) is 3.15. The van der Waals surface area contributed by atoms with Gasteiger partial charge >= 0.3 is 5.97 Å². The minimum absolute atomic E-state index is 0.112. The third-order valence-corrected chi connectivity index (χ3v) is 2.77. The van der Waals surface area contributed by atoms with Gasteiger partial charge in [-0.1, -0.05) is 19.8 Å². The summed E-state index contributed by atoms with van der Waals surface area (Å²) < 4.78 is 10.5. The van der Waals surface area contributed by atoms with E-state index in [0.717, 1.165) is 24.9 Å². The first kappa shape index (κ1) is 17.0. The van der Waals surface area contributed by atoms with E-state index in [4.69, 9.17) is 9.47 Å². The van der Waals surface area contributed by atoms with Crippen molar-refractivity contribution in [1.29, 1.82) is 0 Å². The molecule has 1 rings (SSSR count). The summed E-state index contributed by atoms with van der Waals surface area (Å²) in [4.78, 5) is 22.2. The van der Waals surface area contributed by atoms with Gasteiger partial charge in [-0.2, -0.15) is 0 Å². The second-order valence-corrected chi connectivity index (χ2v) is 4.73. The number of anilines is 1. The third-order valence-electron chi connectivity index (χ3n) is 2.77. The van der Waals surface area contributed by atoms with E-state index in [1.165, 1.54) is 6.92 Å². The monoisotopic (exact) mass is 293 g/mol. The van der Waals surface area contributed by atoms with E-state index in [9.17, 15) is 9.59 Å². The smallest absolute Gasteiger partial charge is 0.305 e. The van der Waals surface area contributed by atoms with Crippen molar-refractivity contribution in [3.8, 4) is 5.75 Å². The van der Waals surface area contributed by atoms with Crippen LogP contribution in [0.3, 0.4) is 0 Å². The Morgan fingerprint density at radius 3 is 2.43 bits per heavy atom. The minimum atomic E-state index is -0.173. The molecule has 0 aliphatic rings. The predicted molar refractivity (Wildman–Crippen MR) is 81.3 cm³/mol. The van der Waals surface area contributed by atoms with E-state index in [1.54, 1.807) is 24.3 Å². The van der Waals surface area contributed by atoms with Crippen molar-refractivity contribution in [2.45, 2.75) is 39.5 Å². The molecule has 1 amide bonds. The highest BCUT2D eigenvalue weighted by molar-refractivity contribution is 5.88. The molecule has 0 atom stereocenters. The molecule has 0 fully saturated rings. The molecule has 0 radical (unpaired) electrons. The fourth-order valence-electron chi connectivity index (χ4n) is 1.74. The summed E-state index contributed by atoms with van der Waals surface area (Å²) in [5.41, 5.74) is 0.720. The number of esters is 1. The Morgan fingerprint density at radius 2 is 1.81 bits per heavy atom. The molecule has 5 heteroatoms. The summed E-state index contributed by atoms with van der Waals surface area (Å²) in [6.07, 6.45) is 3.48. The molecule has 0 aliphatic carbocycles. The summed E-state index contributed by atoms with van der Waals surface area (Å²) >= 11 is 0. The Hall–Kier alpha value is -2.04. The number of amides is 1. The number of rotatable bonds is 9. The second kappa shape index (κ2) is 9.80. The van der Waals surface area contributed by atoms with Crippen molar-refractivity contribution in [3.05, 3.63) is 24.3 Å². The maximum absolute atomic E-state index is 11.4. The van der Waals surface area contributed by atoms with Crippen LogP contribution in [0.5, 0.6) is 5.75 Å². The van der Waals surface area contributed by atoms with E-state index in [2.05, 4.69) is 12.2 Å². The molecular weight excluding hydrogens is 270 g/mol. The highest BCUT2D eigenvalue weighted by Gasteiger charge is 2.02. The van der Waals surface area contributed by atoms with Gasteiger partial charge in [0, 0.05) is 19.0 Å². The molecule has 0 heterocycles. The van der Waals surface area contributed by atoms with E-state index < -0.39 is 0 Å². The molecule has 1 aromatic rings. The molecule has 0 aromatic heterocycles. The van der Waals surface area contributed by atoms with Crippen LogP contribution in [0.4, 0.5) is 5.69 Å². The van der Waals surface area contributed by atoms with Gasteiger partial charge in [0.25, 0.3) is 0 Å². The Bertz CT molecular complexity index is 442. The molecule has 5 nitrogen and oxygen atoms in total. The Labute approximate surface area is 125 Å². The van der Waals surface area contributed by atoms with Crippen molar-refractivity contribution in [1.82, 2.24) is 0 Å². The first-order chi connectivity index (χ1) is 10.1. The van der Waals surface area contributed by atoms with Gasteiger partial charge in [0.1, 0.15) is 19.0 Å². The Kier molecular flexibility index (Phi) is 7.94. The van der Waals surface area contributed by atoms with Crippen LogP contribution in [-0.2, 0) is 14.3 Å². The molecule has 21 heavy (non-hydrogen) atoms. The zero-order chi connectivity index (χ0) is 15.5. The van der Waals surface area contributed by atoms with E-state index >= 15 is 0 Å². The lowest BCUT2D eigenvalue weighted by Gasteiger charge is -2.08. The first-order valence-electron chi connectivity index (χ1n) is 7.28. The summed E-state index contributed by atoms with van der Waals surface area (Å²) in [5.74, 6) is 0.387. The van der Waals surface area contributed by atoms with E-state index in [-0.39, 0.29) is 18.5 Å². The molecular formula is C16H23NO4. The van der Waals surface area contributed by atoms with Crippen molar-refractivity contribution in [2.24, 2.45) is 0 Å². The fourth-order valence-corrected chi connectivity index (χ4v) is 1.74.